The molecule has 1 aliphatic carbocycles. The van der Waals surface area contributed by atoms with Gasteiger partial charge in [0.05, 0.1) is 17.4 Å². The SMILES string of the molecule is CCOC(=O)c1c(NC(=O)C(C)Sc2nnc(N)s2)sc2c1CCC(C)C2. The lowest BCUT2D eigenvalue weighted by Crippen LogP contribution is -2.23. The third-order valence-electron chi connectivity index (χ3n) is 4.30. The van der Waals surface area contributed by atoms with Crippen LogP contribution in [-0.2, 0) is 22.4 Å². The van der Waals surface area contributed by atoms with Crippen molar-refractivity contribution >= 4 is 56.4 Å². The molecule has 2 aromatic rings. The summed E-state index contributed by atoms with van der Waals surface area (Å²) < 4.78 is 5.88. The zero-order chi connectivity index (χ0) is 19.6. The van der Waals surface area contributed by atoms with Gasteiger partial charge in [-0.2, -0.15) is 0 Å². The monoisotopic (exact) mass is 426 g/mol. The first-order valence-corrected chi connectivity index (χ1v) is 11.3. The number of thioether (sulfide) groups is 1. The Kier molecular flexibility index (Phi) is 6.38. The van der Waals surface area contributed by atoms with E-state index in [0.717, 1.165) is 24.8 Å². The van der Waals surface area contributed by atoms with E-state index in [4.69, 9.17) is 10.5 Å². The quantitative estimate of drug-likeness (QED) is 0.537. The maximum absolute atomic E-state index is 12.7. The van der Waals surface area contributed by atoms with Crippen LogP contribution in [0.25, 0.3) is 0 Å². The lowest BCUT2D eigenvalue weighted by atomic mass is 9.88. The van der Waals surface area contributed by atoms with Gasteiger partial charge >= 0.3 is 5.97 Å². The minimum atomic E-state index is -0.398. The van der Waals surface area contributed by atoms with E-state index in [9.17, 15) is 9.59 Å². The Hall–Kier alpha value is -1.65. The summed E-state index contributed by atoms with van der Waals surface area (Å²) in [5.74, 6) is 0.0232. The van der Waals surface area contributed by atoms with E-state index in [1.165, 1.54) is 39.3 Å². The smallest absolute Gasteiger partial charge is 0.341 e. The third-order valence-corrected chi connectivity index (χ3v) is 7.40. The van der Waals surface area contributed by atoms with Crippen LogP contribution in [0.5, 0.6) is 0 Å². The Labute approximate surface area is 170 Å². The van der Waals surface area contributed by atoms with E-state index in [1.807, 2.05) is 0 Å². The fourth-order valence-corrected chi connectivity index (χ4v) is 6.13. The largest absolute Gasteiger partial charge is 0.462 e. The van der Waals surface area contributed by atoms with Crippen molar-refractivity contribution in [3.63, 3.8) is 0 Å². The number of nitrogens with one attached hydrogen (secondary N) is 1. The molecule has 0 spiro atoms. The van der Waals surface area contributed by atoms with Gasteiger partial charge in [0, 0.05) is 4.88 Å². The van der Waals surface area contributed by atoms with Gasteiger partial charge < -0.3 is 15.8 Å². The zero-order valence-electron chi connectivity index (χ0n) is 15.4. The number of hydrogen-bond acceptors (Lipinski definition) is 9. The van der Waals surface area contributed by atoms with Crippen molar-refractivity contribution in [3.8, 4) is 0 Å². The van der Waals surface area contributed by atoms with Gasteiger partial charge in [-0.1, -0.05) is 30.0 Å². The van der Waals surface area contributed by atoms with E-state index in [1.54, 1.807) is 13.8 Å². The molecular formula is C17H22N4O3S3. The van der Waals surface area contributed by atoms with Crippen LogP contribution in [0.4, 0.5) is 10.1 Å². The summed E-state index contributed by atoms with van der Waals surface area (Å²) >= 11 is 4.03. The normalized spacial score (nSPS) is 17.2. The molecule has 3 N–H and O–H groups in total. The van der Waals surface area contributed by atoms with Crippen molar-refractivity contribution < 1.29 is 14.3 Å². The number of nitrogens with zero attached hydrogens (tertiary/aromatic N) is 2. The number of rotatable bonds is 6. The fraction of sp³-hybridized carbons (Fsp3) is 0.529. The minimum Gasteiger partial charge on any atom is -0.462 e. The summed E-state index contributed by atoms with van der Waals surface area (Å²) in [6.07, 6.45) is 2.80. The van der Waals surface area contributed by atoms with E-state index in [0.29, 0.717) is 32.6 Å². The van der Waals surface area contributed by atoms with Crippen molar-refractivity contribution in [2.75, 3.05) is 17.7 Å². The number of anilines is 2. The minimum absolute atomic E-state index is 0.189. The Morgan fingerprint density at radius 3 is 2.85 bits per heavy atom. The molecule has 1 amide bonds. The van der Waals surface area contributed by atoms with Gasteiger partial charge in [0.15, 0.2) is 4.34 Å². The Morgan fingerprint density at radius 2 is 2.19 bits per heavy atom. The van der Waals surface area contributed by atoms with E-state index < -0.39 is 5.25 Å². The van der Waals surface area contributed by atoms with Gasteiger partial charge in [-0.15, -0.1) is 21.5 Å². The average molecular weight is 427 g/mol. The van der Waals surface area contributed by atoms with Gasteiger partial charge in [-0.3, -0.25) is 4.79 Å². The van der Waals surface area contributed by atoms with Crippen LogP contribution in [0.1, 0.15) is 48.0 Å². The number of carbonyl (C=O) groups excluding carboxylic acids is 2. The van der Waals surface area contributed by atoms with Crippen molar-refractivity contribution in [2.45, 2.75) is 49.6 Å². The number of aromatic nitrogens is 2. The highest BCUT2D eigenvalue weighted by Gasteiger charge is 2.30. The zero-order valence-corrected chi connectivity index (χ0v) is 17.9. The van der Waals surface area contributed by atoms with Gasteiger partial charge in [-0.05, 0) is 44.6 Å². The predicted molar refractivity (Wildman–Crippen MR) is 110 cm³/mol. The van der Waals surface area contributed by atoms with Crippen molar-refractivity contribution in [1.82, 2.24) is 10.2 Å². The molecule has 1 aliphatic rings. The van der Waals surface area contributed by atoms with Crippen LogP contribution in [0, 0.1) is 5.92 Å². The highest BCUT2D eigenvalue weighted by Crippen LogP contribution is 2.40. The predicted octanol–water partition coefficient (Wildman–Crippen LogP) is 3.60. The molecule has 0 bridgehead atoms. The van der Waals surface area contributed by atoms with Crippen LogP contribution in [-0.4, -0.2) is 33.9 Å². The van der Waals surface area contributed by atoms with Crippen LogP contribution >= 0.6 is 34.4 Å². The lowest BCUT2D eigenvalue weighted by Gasteiger charge is -2.18. The number of esters is 1. The third kappa shape index (κ3) is 4.61. The fourth-order valence-electron chi connectivity index (χ4n) is 2.94. The standard InChI is InChI=1S/C17H22N4O3S3/c1-4-24-15(23)12-10-6-5-8(2)7-11(10)26-14(12)19-13(22)9(3)25-17-21-20-16(18)27-17/h8-9H,4-7H2,1-3H3,(H2,18,20)(H,19,22). The first-order chi connectivity index (χ1) is 12.9. The van der Waals surface area contributed by atoms with Crippen LogP contribution in [0.2, 0.25) is 0 Å². The molecule has 2 unspecified atom stereocenters. The molecule has 3 rings (SSSR count). The number of hydrogen-bond donors (Lipinski definition) is 2. The maximum atomic E-state index is 12.7. The summed E-state index contributed by atoms with van der Waals surface area (Å²) in [4.78, 5) is 26.4. The summed E-state index contributed by atoms with van der Waals surface area (Å²) in [5.41, 5.74) is 7.14. The molecule has 146 valence electrons. The highest BCUT2D eigenvalue weighted by molar-refractivity contribution is 8.02. The molecule has 27 heavy (non-hydrogen) atoms. The first-order valence-electron chi connectivity index (χ1n) is 8.77. The molecular weight excluding hydrogens is 404 g/mol. The molecule has 2 heterocycles. The van der Waals surface area contributed by atoms with E-state index in [2.05, 4.69) is 22.4 Å². The number of carbonyl (C=O) groups is 2. The van der Waals surface area contributed by atoms with Gasteiger partial charge in [0.1, 0.15) is 5.00 Å². The van der Waals surface area contributed by atoms with Crippen molar-refractivity contribution in [2.24, 2.45) is 5.92 Å². The van der Waals surface area contributed by atoms with Crippen molar-refractivity contribution in [3.05, 3.63) is 16.0 Å². The Balaban J connectivity index is 1.80. The second-order valence-corrected chi connectivity index (χ2v) is 10.1. The molecule has 2 aromatic heterocycles. The molecule has 0 saturated heterocycles. The number of fused-ring (bicyclic) bond motifs is 1. The molecule has 2 atom stereocenters. The molecule has 0 radical (unpaired) electrons. The maximum Gasteiger partial charge on any atom is 0.341 e. The molecule has 0 aliphatic heterocycles. The molecule has 7 nitrogen and oxygen atoms in total. The number of thiophene rings is 1. The summed E-state index contributed by atoms with van der Waals surface area (Å²) in [7, 11) is 0. The number of nitrogens with two attached hydrogens (primary N) is 1. The average Bonchev–Trinajstić information content (AvgIpc) is 3.17. The topological polar surface area (TPSA) is 107 Å². The summed E-state index contributed by atoms with van der Waals surface area (Å²) in [6, 6.07) is 0. The van der Waals surface area contributed by atoms with Crippen LogP contribution in [0.15, 0.2) is 4.34 Å². The highest BCUT2D eigenvalue weighted by atomic mass is 32.2. The Bertz CT molecular complexity index is 849. The summed E-state index contributed by atoms with van der Waals surface area (Å²) in [6.45, 7) is 6.08. The number of nitrogen functional groups attached to an aromatic ring is 1. The van der Waals surface area contributed by atoms with Crippen molar-refractivity contribution in [1.29, 1.82) is 0 Å². The van der Waals surface area contributed by atoms with Crippen LogP contribution in [0.3, 0.4) is 0 Å². The molecule has 10 heteroatoms. The van der Waals surface area contributed by atoms with Crippen LogP contribution < -0.4 is 11.1 Å². The summed E-state index contributed by atoms with van der Waals surface area (Å²) in [5, 5.41) is 11.2. The molecule has 0 fully saturated rings. The molecule has 0 aromatic carbocycles. The van der Waals surface area contributed by atoms with Gasteiger partial charge in [-0.25, -0.2) is 4.79 Å². The second-order valence-electron chi connectivity index (χ2n) is 6.43. The van der Waals surface area contributed by atoms with E-state index >= 15 is 0 Å². The number of ether oxygens (including phenoxy) is 1. The molecule has 0 saturated carbocycles. The second kappa shape index (κ2) is 8.57. The van der Waals surface area contributed by atoms with Gasteiger partial charge in [0.25, 0.3) is 0 Å². The first kappa shape index (κ1) is 20.1. The lowest BCUT2D eigenvalue weighted by molar-refractivity contribution is -0.115. The number of amides is 1. The van der Waals surface area contributed by atoms with E-state index in [-0.39, 0.29) is 11.9 Å². The van der Waals surface area contributed by atoms with Gasteiger partial charge in [0.2, 0.25) is 11.0 Å². The Morgan fingerprint density at radius 1 is 1.41 bits per heavy atom.